The summed E-state index contributed by atoms with van der Waals surface area (Å²) >= 11 is 0. The molecule has 2 N–H and O–H groups in total. The Labute approximate surface area is 178 Å². The van der Waals surface area contributed by atoms with Crippen LogP contribution in [0, 0.1) is 0 Å². The third kappa shape index (κ3) is 4.20. The van der Waals surface area contributed by atoms with Crippen molar-refractivity contribution in [3.63, 3.8) is 0 Å². The molecule has 31 heavy (non-hydrogen) atoms. The Morgan fingerprint density at radius 2 is 1.58 bits per heavy atom. The number of benzene rings is 2. The Hall–Kier alpha value is -4.27. The molecule has 1 aliphatic heterocycles. The summed E-state index contributed by atoms with van der Waals surface area (Å²) in [4.78, 5) is 40.0. The molecule has 0 bridgehead atoms. The van der Waals surface area contributed by atoms with Crippen LogP contribution in [0.25, 0.3) is 0 Å². The normalized spacial score (nSPS) is 12.5. The van der Waals surface area contributed by atoms with Crippen molar-refractivity contribution in [2.24, 2.45) is 0 Å². The standard InChI is InChI=1S/C22H20N6O3/c1-27(2)16-11-19(26-23-12-16)24-14-7-9-15(10-8-14)25-20(29)13-28-21(30)17-5-3-4-6-18(17)22(28)31/h3-12H,13H2,1-2H3,(H,24,26)(H,25,29). The number of nitrogens with zero attached hydrogens (tertiary/aromatic N) is 4. The van der Waals surface area contributed by atoms with Crippen LogP contribution < -0.4 is 15.5 Å². The average molecular weight is 416 g/mol. The molecule has 0 aliphatic carbocycles. The molecular formula is C22H20N6O3. The number of nitrogens with one attached hydrogen (secondary N) is 2. The number of amides is 3. The number of rotatable bonds is 6. The van der Waals surface area contributed by atoms with Gasteiger partial charge in [-0.3, -0.25) is 19.3 Å². The minimum Gasteiger partial charge on any atom is -0.376 e. The van der Waals surface area contributed by atoms with Gasteiger partial charge in [-0.2, -0.15) is 5.10 Å². The van der Waals surface area contributed by atoms with Crippen molar-refractivity contribution in [1.82, 2.24) is 15.1 Å². The van der Waals surface area contributed by atoms with Crippen molar-refractivity contribution in [3.05, 3.63) is 71.9 Å². The molecule has 2 heterocycles. The second kappa shape index (κ2) is 8.23. The van der Waals surface area contributed by atoms with E-state index in [1.807, 2.05) is 25.1 Å². The van der Waals surface area contributed by atoms with Crippen LogP contribution in [0.5, 0.6) is 0 Å². The smallest absolute Gasteiger partial charge is 0.262 e. The lowest BCUT2D eigenvalue weighted by Gasteiger charge is -2.14. The van der Waals surface area contributed by atoms with Crippen LogP contribution in [-0.4, -0.2) is 53.5 Å². The van der Waals surface area contributed by atoms with Gasteiger partial charge in [-0.15, -0.1) is 5.10 Å². The monoisotopic (exact) mass is 416 g/mol. The zero-order valence-electron chi connectivity index (χ0n) is 17.0. The Balaban J connectivity index is 1.37. The Kier molecular flexibility index (Phi) is 5.31. The van der Waals surface area contributed by atoms with Gasteiger partial charge in [-0.25, -0.2) is 0 Å². The second-order valence-electron chi connectivity index (χ2n) is 7.19. The Morgan fingerprint density at radius 3 is 2.19 bits per heavy atom. The lowest BCUT2D eigenvalue weighted by atomic mass is 10.1. The van der Waals surface area contributed by atoms with E-state index in [0.717, 1.165) is 16.3 Å². The van der Waals surface area contributed by atoms with E-state index in [-0.39, 0.29) is 6.54 Å². The van der Waals surface area contributed by atoms with Gasteiger partial charge in [0.05, 0.1) is 23.0 Å². The summed E-state index contributed by atoms with van der Waals surface area (Å²) in [6, 6.07) is 15.4. The molecule has 2 aromatic carbocycles. The minimum atomic E-state index is -0.462. The molecule has 1 aliphatic rings. The molecule has 156 valence electrons. The summed E-state index contributed by atoms with van der Waals surface area (Å²) in [5, 5.41) is 13.9. The molecule has 0 saturated carbocycles. The summed E-state index contributed by atoms with van der Waals surface area (Å²) in [6.45, 7) is -0.348. The molecular weight excluding hydrogens is 396 g/mol. The van der Waals surface area contributed by atoms with Gasteiger partial charge in [-0.05, 0) is 36.4 Å². The van der Waals surface area contributed by atoms with Gasteiger partial charge in [-0.1, -0.05) is 12.1 Å². The number of imide groups is 1. The molecule has 3 aromatic rings. The van der Waals surface area contributed by atoms with E-state index in [2.05, 4.69) is 20.8 Å². The topological polar surface area (TPSA) is 108 Å². The fourth-order valence-corrected chi connectivity index (χ4v) is 3.17. The fraction of sp³-hybridized carbons (Fsp3) is 0.136. The lowest BCUT2D eigenvalue weighted by molar-refractivity contribution is -0.116. The highest BCUT2D eigenvalue weighted by Crippen LogP contribution is 2.23. The van der Waals surface area contributed by atoms with Crippen LogP contribution in [0.2, 0.25) is 0 Å². The van der Waals surface area contributed by atoms with Crippen LogP contribution >= 0.6 is 0 Å². The largest absolute Gasteiger partial charge is 0.376 e. The molecule has 1 aromatic heterocycles. The first kappa shape index (κ1) is 20.0. The van der Waals surface area contributed by atoms with Crippen molar-refractivity contribution in [3.8, 4) is 0 Å². The van der Waals surface area contributed by atoms with Crippen LogP contribution in [0.15, 0.2) is 60.8 Å². The average Bonchev–Trinajstić information content (AvgIpc) is 3.00. The molecule has 0 atom stereocenters. The summed E-state index contributed by atoms with van der Waals surface area (Å²) in [7, 11) is 3.83. The molecule has 9 nitrogen and oxygen atoms in total. The molecule has 0 radical (unpaired) electrons. The SMILES string of the molecule is CN(C)c1cnnc(Nc2ccc(NC(=O)CN3C(=O)c4ccccc4C3=O)cc2)c1. The minimum absolute atomic E-state index is 0.317. The van der Waals surface area contributed by atoms with Crippen molar-refractivity contribution >= 4 is 40.6 Å². The third-order valence-corrected chi connectivity index (χ3v) is 4.78. The highest BCUT2D eigenvalue weighted by Gasteiger charge is 2.36. The van der Waals surface area contributed by atoms with Crippen molar-refractivity contribution in [2.75, 3.05) is 36.2 Å². The number of carbonyl (C=O) groups excluding carboxylic acids is 3. The lowest BCUT2D eigenvalue weighted by Crippen LogP contribution is -2.37. The highest BCUT2D eigenvalue weighted by molar-refractivity contribution is 6.22. The quantitative estimate of drug-likeness (QED) is 0.595. The zero-order valence-corrected chi connectivity index (χ0v) is 17.0. The van der Waals surface area contributed by atoms with Crippen LogP contribution in [-0.2, 0) is 4.79 Å². The van der Waals surface area contributed by atoms with Crippen molar-refractivity contribution in [1.29, 1.82) is 0 Å². The predicted molar refractivity (Wildman–Crippen MR) is 117 cm³/mol. The maximum Gasteiger partial charge on any atom is 0.262 e. The first-order valence-electron chi connectivity index (χ1n) is 9.54. The molecule has 4 rings (SSSR count). The van der Waals surface area contributed by atoms with E-state index < -0.39 is 17.7 Å². The Morgan fingerprint density at radius 1 is 0.968 bits per heavy atom. The fourth-order valence-electron chi connectivity index (χ4n) is 3.17. The van der Waals surface area contributed by atoms with E-state index in [1.54, 1.807) is 54.7 Å². The number of fused-ring (bicyclic) bond motifs is 1. The van der Waals surface area contributed by atoms with Gasteiger partial charge in [0, 0.05) is 31.5 Å². The van der Waals surface area contributed by atoms with Gasteiger partial charge in [0.25, 0.3) is 11.8 Å². The van der Waals surface area contributed by atoms with Crippen molar-refractivity contribution < 1.29 is 14.4 Å². The number of hydrogen-bond acceptors (Lipinski definition) is 7. The van der Waals surface area contributed by atoms with Gasteiger partial charge in [0.2, 0.25) is 5.91 Å². The molecule has 0 unspecified atom stereocenters. The van der Waals surface area contributed by atoms with Crippen LogP contribution in [0.4, 0.5) is 22.9 Å². The van der Waals surface area contributed by atoms with Gasteiger partial charge >= 0.3 is 0 Å². The maximum absolute atomic E-state index is 12.4. The third-order valence-electron chi connectivity index (χ3n) is 4.78. The van der Waals surface area contributed by atoms with Crippen LogP contribution in [0.1, 0.15) is 20.7 Å². The zero-order chi connectivity index (χ0) is 22.0. The van der Waals surface area contributed by atoms with E-state index in [4.69, 9.17) is 0 Å². The van der Waals surface area contributed by atoms with Gasteiger partial charge in [0.1, 0.15) is 6.54 Å². The molecule has 9 heteroatoms. The van der Waals surface area contributed by atoms with E-state index >= 15 is 0 Å². The summed E-state index contributed by atoms with van der Waals surface area (Å²) in [5.74, 6) is -0.791. The van der Waals surface area contributed by atoms with Crippen LogP contribution in [0.3, 0.4) is 0 Å². The highest BCUT2D eigenvalue weighted by atomic mass is 16.2. The Bertz CT molecular complexity index is 1120. The summed E-state index contributed by atoms with van der Waals surface area (Å²) in [5.41, 5.74) is 2.85. The number of hydrogen-bond donors (Lipinski definition) is 2. The first-order chi connectivity index (χ1) is 14.9. The molecule has 0 saturated heterocycles. The first-order valence-corrected chi connectivity index (χ1v) is 9.54. The maximum atomic E-state index is 12.4. The molecule has 0 spiro atoms. The number of anilines is 4. The summed E-state index contributed by atoms with van der Waals surface area (Å²) in [6.07, 6.45) is 1.66. The van der Waals surface area contributed by atoms with E-state index in [0.29, 0.717) is 22.6 Å². The van der Waals surface area contributed by atoms with E-state index in [1.165, 1.54) is 0 Å². The second-order valence-corrected chi connectivity index (χ2v) is 7.19. The molecule has 0 fully saturated rings. The van der Waals surface area contributed by atoms with Crippen molar-refractivity contribution in [2.45, 2.75) is 0 Å². The number of aromatic nitrogens is 2. The van der Waals surface area contributed by atoms with E-state index in [9.17, 15) is 14.4 Å². The molecule has 3 amide bonds. The predicted octanol–water partition coefficient (Wildman–Crippen LogP) is 2.52. The summed E-state index contributed by atoms with van der Waals surface area (Å²) < 4.78 is 0. The number of carbonyl (C=O) groups is 3. The van der Waals surface area contributed by atoms with Gasteiger partial charge < -0.3 is 15.5 Å². The van der Waals surface area contributed by atoms with Gasteiger partial charge in [0.15, 0.2) is 5.82 Å².